The van der Waals surface area contributed by atoms with Gasteiger partial charge in [0.25, 0.3) is 5.56 Å². The molecule has 0 aliphatic heterocycles. The lowest BCUT2D eigenvalue weighted by Gasteiger charge is -2.04. The molecule has 0 saturated carbocycles. The number of nitrogens with zero attached hydrogens (tertiary/aromatic N) is 1. The maximum absolute atomic E-state index is 13.7. The first kappa shape index (κ1) is 11.7. The topological polar surface area (TPSA) is 45.8 Å². The van der Waals surface area contributed by atoms with Crippen LogP contribution in [0.3, 0.4) is 0 Å². The van der Waals surface area contributed by atoms with Gasteiger partial charge in [0.15, 0.2) is 0 Å². The molecule has 0 amide bonds. The molecule has 0 radical (unpaired) electrons. The fourth-order valence-corrected chi connectivity index (χ4v) is 2.03. The van der Waals surface area contributed by atoms with Gasteiger partial charge in [-0.25, -0.2) is 9.37 Å². The minimum absolute atomic E-state index is 0.249. The molecule has 5 heteroatoms. The third kappa shape index (κ3) is 2.03. The van der Waals surface area contributed by atoms with Crippen molar-refractivity contribution in [3.8, 4) is 11.4 Å². The Morgan fingerprint density at radius 2 is 1.95 bits per heavy atom. The van der Waals surface area contributed by atoms with Gasteiger partial charge in [-0.05, 0) is 18.2 Å². The van der Waals surface area contributed by atoms with Crippen LogP contribution >= 0.6 is 0 Å². The van der Waals surface area contributed by atoms with Crippen LogP contribution in [0, 0.1) is 5.82 Å². The fourth-order valence-electron chi connectivity index (χ4n) is 2.03. The molecule has 2 aromatic carbocycles. The zero-order valence-corrected chi connectivity index (χ0v) is 10.3. The SMILES string of the molecule is Bc1ccc2nc(-c3ccccc3F)[nH]c(=O)c2c1. The van der Waals surface area contributed by atoms with E-state index in [-0.39, 0.29) is 11.4 Å². The summed E-state index contributed by atoms with van der Waals surface area (Å²) in [5.41, 5.74) is 1.58. The number of fused-ring (bicyclic) bond motifs is 1. The number of benzene rings is 2. The van der Waals surface area contributed by atoms with Crippen LogP contribution in [0.1, 0.15) is 0 Å². The summed E-state index contributed by atoms with van der Waals surface area (Å²) in [6.45, 7) is 0. The summed E-state index contributed by atoms with van der Waals surface area (Å²) in [7, 11) is 1.91. The Labute approximate surface area is 109 Å². The quantitative estimate of drug-likeness (QED) is 0.656. The van der Waals surface area contributed by atoms with Gasteiger partial charge in [0.1, 0.15) is 19.5 Å². The van der Waals surface area contributed by atoms with Crippen molar-refractivity contribution in [2.75, 3.05) is 0 Å². The lowest BCUT2D eigenvalue weighted by Crippen LogP contribution is -2.13. The van der Waals surface area contributed by atoms with Crippen LogP contribution in [0.15, 0.2) is 47.3 Å². The Balaban J connectivity index is 2.31. The summed E-state index contributed by atoms with van der Waals surface area (Å²) in [6.07, 6.45) is 0. The molecule has 0 spiro atoms. The van der Waals surface area contributed by atoms with Crippen LogP contribution in [0.25, 0.3) is 22.3 Å². The van der Waals surface area contributed by atoms with Crippen molar-refractivity contribution in [2.24, 2.45) is 0 Å². The Hall–Kier alpha value is -2.43. The van der Waals surface area contributed by atoms with Crippen molar-refractivity contribution in [3.05, 3.63) is 58.6 Å². The minimum Gasteiger partial charge on any atom is -0.306 e. The molecular weight excluding hydrogens is 242 g/mol. The molecule has 3 rings (SSSR count). The number of halogens is 1. The molecule has 92 valence electrons. The molecule has 1 N–H and O–H groups in total. The fraction of sp³-hybridized carbons (Fsp3) is 0. The van der Waals surface area contributed by atoms with Crippen molar-refractivity contribution < 1.29 is 4.39 Å². The number of hydrogen-bond donors (Lipinski definition) is 1. The second kappa shape index (κ2) is 4.35. The number of nitrogens with one attached hydrogen (secondary N) is 1. The van der Waals surface area contributed by atoms with E-state index in [2.05, 4.69) is 9.97 Å². The van der Waals surface area contributed by atoms with Gasteiger partial charge in [0, 0.05) is 0 Å². The van der Waals surface area contributed by atoms with Crippen LogP contribution < -0.4 is 11.0 Å². The zero-order chi connectivity index (χ0) is 13.4. The summed E-state index contributed by atoms with van der Waals surface area (Å²) < 4.78 is 13.7. The van der Waals surface area contributed by atoms with Crippen molar-refractivity contribution in [3.63, 3.8) is 0 Å². The van der Waals surface area contributed by atoms with Crippen LogP contribution in [0.2, 0.25) is 0 Å². The van der Waals surface area contributed by atoms with Gasteiger partial charge in [0.2, 0.25) is 0 Å². The molecule has 0 fully saturated rings. The van der Waals surface area contributed by atoms with E-state index in [9.17, 15) is 9.18 Å². The Kier molecular flexibility index (Phi) is 2.67. The van der Waals surface area contributed by atoms with Crippen molar-refractivity contribution in [1.29, 1.82) is 0 Å². The van der Waals surface area contributed by atoms with Gasteiger partial charge in [-0.15, -0.1) is 0 Å². The Bertz CT molecular complexity index is 829. The van der Waals surface area contributed by atoms with Gasteiger partial charge < -0.3 is 4.98 Å². The molecule has 0 aliphatic carbocycles. The van der Waals surface area contributed by atoms with Crippen LogP contribution in [-0.4, -0.2) is 17.8 Å². The highest BCUT2D eigenvalue weighted by molar-refractivity contribution is 6.33. The predicted octanol–water partition coefficient (Wildman–Crippen LogP) is 0.988. The molecule has 1 heterocycles. The average molecular weight is 252 g/mol. The Morgan fingerprint density at radius 1 is 1.16 bits per heavy atom. The number of H-pyrrole nitrogens is 1. The highest BCUT2D eigenvalue weighted by atomic mass is 19.1. The first-order valence-electron chi connectivity index (χ1n) is 5.91. The standard InChI is InChI=1S/C14H10BFN2O/c15-8-5-6-12-10(7-8)14(19)18-13(17-12)9-3-1-2-4-11(9)16/h1-7H,15H2,(H,17,18,19). The number of aromatic nitrogens is 2. The maximum atomic E-state index is 13.7. The molecule has 3 aromatic rings. The van der Waals surface area contributed by atoms with E-state index in [0.29, 0.717) is 16.5 Å². The van der Waals surface area contributed by atoms with E-state index < -0.39 is 5.82 Å². The minimum atomic E-state index is -0.405. The lowest BCUT2D eigenvalue weighted by atomic mass is 9.95. The van der Waals surface area contributed by atoms with E-state index in [1.807, 2.05) is 13.9 Å². The highest BCUT2D eigenvalue weighted by Gasteiger charge is 2.09. The summed E-state index contributed by atoms with van der Waals surface area (Å²) in [5, 5.41) is 0.514. The number of hydrogen-bond acceptors (Lipinski definition) is 2. The first-order valence-corrected chi connectivity index (χ1v) is 5.91. The van der Waals surface area contributed by atoms with Gasteiger partial charge in [-0.1, -0.05) is 29.7 Å². The van der Waals surface area contributed by atoms with Crippen LogP contribution in [0.4, 0.5) is 4.39 Å². The molecule has 0 saturated heterocycles. The summed E-state index contributed by atoms with van der Waals surface area (Å²) >= 11 is 0. The third-order valence-corrected chi connectivity index (χ3v) is 2.99. The second-order valence-corrected chi connectivity index (χ2v) is 4.41. The van der Waals surface area contributed by atoms with Crippen molar-refractivity contribution in [2.45, 2.75) is 0 Å². The lowest BCUT2D eigenvalue weighted by molar-refractivity contribution is 0.630. The Morgan fingerprint density at radius 3 is 2.74 bits per heavy atom. The molecule has 1 aromatic heterocycles. The largest absolute Gasteiger partial charge is 0.306 e. The van der Waals surface area contributed by atoms with Gasteiger partial charge in [-0.2, -0.15) is 0 Å². The summed E-state index contributed by atoms with van der Waals surface area (Å²) in [6, 6.07) is 11.7. The van der Waals surface area contributed by atoms with Gasteiger partial charge in [-0.3, -0.25) is 4.79 Å². The predicted molar refractivity (Wildman–Crippen MR) is 75.9 cm³/mol. The molecule has 0 bridgehead atoms. The van der Waals surface area contributed by atoms with Gasteiger partial charge in [0.05, 0.1) is 16.5 Å². The monoisotopic (exact) mass is 252 g/mol. The number of aromatic amines is 1. The smallest absolute Gasteiger partial charge is 0.259 e. The van der Waals surface area contributed by atoms with Gasteiger partial charge >= 0.3 is 0 Å². The van der Waals surface area contributed by atoms with Crippen LogP contribution in [-0.2, 0) is 0 Å². The van der Waals surface area contributed by atoms with E-state index in [1.54, 1.807) is 30.3 Å². The molecule has 3 nitrogen and oxygen atoms in total. The summed E-state index contributed by atoms with van der Waals surface area (Å²) in [4.78, 5) is 19.0. The summed E-state index contributed by atoms with van der Waals surface area (Å²) in [5.74, 6) is -0.156. The van der Waals surface area contributed by atoms with Crippen molar-refractivity contribution >= 4 is 24.2 Å². The van der Waals surface area contributed by atoms with Crippen molar-refractivity contribution in [1.82, 2.24) is 9.97 Å². The second-order valence-electron chi connectivity index (χ2n) is 4.41. The van der Waals surface area contributed by atoms with E-state index in [0.717, 1.165) is 5.46 Å². The zero-order valence-electron chi connectivity index (χ0n) is 10.3. The normalized spacial score (nSPS) is 10.8. The average Bonchev–Trinajstić information content (AvgIpc) is 2.40. The van der Waals surface area contributed by atoms with E-state index in [4.69, 9.17) is 0 Å². The first-order chi connectivity index (χ1) is 9.15. The van der Waals surface area contributed by atoms with E-state index >= 15 is 0 Å². The van der Waals surface area contributed by atoms with Crippen LogP contribution in [0.5, 0.6) is 0 Å². The van der Waals surface area contributed by atoms with E-state index in [1.165, 1.54) is 6.07 Å². The third-order valence-electron chi connectivity index (χ3n) is 2.99. The molecule has 0 atom stereocenters. The molecule has 19 heavy (non-hydrogen) atoms. The number of rotatable bonds is 1. The highest BCUT2D eigenvalue weighted by Crippen LogP contribution is 2.18. The maximum Gasteiger partial charge on any atom is 0.259 e. The molecule has 0 aliphatic rings. The molecular formula is C14H10BFN2O. The molecule has 0 unspecified atom stereocenters.